The zero-order valence-corrected chi connectivity index (χ0v) is 18.9. The van der Waals surface area contributed by atoms with E-state index in [4.69, 9.17) is 0 Å². The van der Waals surface area contributed by atoms with Gasteiger partial charge in [0.15, 0.2) is 11.6 Å². The Labute approximate surface area is 158 Å². The summed E-state index contributed by atoms with van der Waals surface area (Å²) in [6.07, 6.45) is 7.06. The van der Waals surface area contributed by atoms with E-state index < -0.39 is 38.1 Å². The average Bonchev–Trinajstić information content (AvgIpc) is 2.93. The fourth-order valence-electron chi connectivity index (χ4n) is 7.17. The highest BCUT2D eigenvalue weighted by Crippen LogP contribution is 2.82. The van der Waals surface area contributed by atoms with E-state index in [1.54, 1.807) is 0 Å². The van der Waals surface area contributed by atoms with E-state index in [-0.39, 0.29) is 17.3 Å². The highest BCUT2D eigenvalue weighted by molar-refractivity contribution is 6.91. The molecule has 4 rings (SSSR count). The summed E-state index contributed by atoms with van der Waals surface area (Å²) in [7, 11) is -4.20. The van der Waals surface area contributed by atoms with Gasteiger partial charge in [0.1, 0.15) is 5.78 Å². The highest BCUT2D eigenvalue weighted by Gasteiger charge is 2.82. The monoisotopic (exact) mass is 386 g/mol. The Bertz CT molecular complexity index is 744. The lowest BCUT2D eigenvalue weighted by Crippen LogP contribution is -2.53. The van der Waals surface area contributed by atoms with Crippen molar-refractivity contribution in [1.82, 2.24) is 0 Å². The Hall–Kier alpha value is -1.08. The van der Waals surface area contributed by atoms with Crippen LogP contribution >= 0.6 is 0 Å². The van der Waals surface area contributed by atoms with Crippen LogP contribution in [0.2, 0.25) is 49.4 Å². The van der Waals surface area contributed by atoms with Crippen LogP contribution < -0.4 is 0 Å². The molecule has 2 bridgehead atoms. The molecule has 0 aliphatic heterocycles. The maximum atomic E-state index is 14.4. The predicted octanol–water partition coefficient (Wildman–Crippen LogP) is 4.55. The Balaban J connectivity index is 2.17. The van der Waals surface area contributed by atoms with Gasteiger partial charge in [-0.3, -0.25) is 14.4 Å². The number of carbonyl (C=O) groups is 3. The fraction of sp³-hybridized carbons (Fsp3) is 0.667. The predicted molar refractivity (Wildman–Crippen MR) is 109 cm³/mol. The minimum absolute atomic E-state index is 0.0302. The summed E-state index contributed by atoms with van der Waals surface area (Å²) in [6, 6.07) is 0. The van der Waals surface area contributed by atoms with Gasteiger partial charge in [-0.05, 0) is 37.8 Å². The summed E-state index contributed by atoms with van der Waals surface area (Å²) in [5.74, 6) is -0.508. The third kappa shape index (κ3) is 1.68. The normalized spacial score (nSPS) is 39.5. The van der Waals surface area contributed by atoms with Crippen LogP contribution in [0.5, 0.6) is 0 Å². The molecule has 26 heavy (non-hydrogen) atoms. The summed E-state index contributed by atoms with van der Waals surface area (Å²) in [5, 5.41) is -1.30. The van der Waals surface area contributed by atoms with Crippen molar-refractivity contribution in [2.45, 2.75) is 75.0 Å². The lowest BCUT2D eigenvalue weighted by atomic mass is 9.66. The van der Waals surface area contributed by atoms with Gasteiger partial charge in [-0.25, -0.2) is 0 Å². The van der Waals surface area contributed by atoms with Gasteiger partial charge in [-0.2, -0.15) is 0 Å². The van der Waals surface area contributed by atoms with Gasteiger partial charge in [-0.1, -0.05) is 50.4 Å². The van der Waals surface area contributed by atoms with Gasteiger partial charge in [0.25, 0.3) is 0 Å². The standard InChI is InChI=1S/C21H30O3Si2/c1-25(2,3)20-13-9-7-8-10-14(13)21(19(20)24,26(4,5)6)18-16(23)12-11-15(22)17(18)20/h11-12,17-18H,7-10H2,1-6H3/t17-,18+,20+,21-. The minimum atomic E-state index is -2.10. The first-order valence-corrected chi connectivity index (χ1v) is 17.0. The topological polar surface area (TPSA) is 51.2 Å². The Kier molecular flexibility index (Phi) is 3.55. The molecule has 5 heteroatoms. The van der Waals surface area contributed by atoms with E-state index in [9.17, 15) is 14.4 Å². The molecule has 3 nitrogen and oxygen atoms in total. The van der Waals surface area contributed by atoms with E-state index in [1.807, 2.05) is 0 Å². The van der Waals surface area contributed by atoms with Crippen LogP contribution in [0.25, 0.3) is 0 Å². The summed E-state index contributed by atoms with van der Waals surface area (Å²) in [5.41, 5.74) is 2.63. The number of Topliss-reactive ketones (excluding diaryl/α,β-unsaturated/α-hetero) is 1. The van der Waals surface area contributed by atoms with Crippen LogP contribution in [-0.2, 0) is 14.4 Å². The van der Waals surface area contributed by atoms with Crippen LogP contribution in [0.1, 0.15) is 25.7 Å². The second-order valence-corrected chi connectivity index (χ2v) is 21.3. The van der Waals surface area contributed by atoms with Crippen molar-refractivity contribution in [2.24, 2.45) is 11.8 Å². The lowest BCUT2D eigenvalue weighted by Gasteiger charge is -2.51. The van der Waals surface area contributed by atoms with Gasteiger partial charge in [0, 0.05) is 11.8 Å². The molecular formula is C21H30O3Si2. The van der Waals surface area contributed by atoms with Crippen molar-refractivity contribution in [3.63, 3.8) is 0 Å². The van der Waals surface area contributed by atoms with Crippen molar-refractivity contribution in [3.8, 4) is 0 Å². The van der Waals surface area contributed by atoms with Crippen molar-refractivity contribution < 1.29 is 14.4 Å². The molecule has 4 aliphatic carbocycles. The van der Waals surface area contributed by atoms with E-state index in [1.165, 1.54) is 23.3 Å². The molecule has 0 N–H and O–H groups in total. The van der Waals surface area contributed by atoms with E-state index >= 15 is 0 Å². The summed E-state index contributed by atoms with van der Waals surface area (Å²) >= 11 is 0. The number of ketones is 3. The molecule has 0 spiro atoms. The van der Waals surface area contributed by atoms with Gasteiger partial charge < -0.3 is 0 Å². The molecule has 0 aromatic rings. The molecule has 1 saturated carbocycles. The summed E-state index contributed by atoms with van der Waals surface area (Å²) in [6.45, 7) is 13.4. The van der Waals surface area contributed by atoms with Gasteiger partial charge in [-0.15, -0.1) is 0 Å². The maximum Gasteiger partial charge on any atom is 0.160 e. The van der Waals surface area contributed by atoms with E-state index in [2.05, 4.69) is 39.3 Å². The number of hydrogen-bond acceptors (Lipinski definition) is 3. The SMILES string of the molecule is C[Si](C)(C)[C@@]12C(=O)[C@@]([Si](C)(C)C)(C3=C1CCCC3)[C@H]1C(=O)C=CC(=O)[C@H]12. The maximum absolute atomic E-state index is 14.4. The zero-order chi connectivity index (χ0) is 19.3. The Morgan fingerprint density at radius 3 is 1.38 bits per heavy atom. The smallest absolute Gasteiger partial charge is 0.160 e. The van der Waals surface area contributed by atoms with Crippen LogP contribution in [0.3, 0.4) is 0 Å². The minimum Gasteiger partial charge on any atom is -0.298 e. The second-order valence-electron chi connectivity index (χ2n) is 10.7. The van der Waals surface area contributed by atoms with Crippen molar-refractivity contribution >= 4 is 33.5 Å². The molecular weight excluding hydrogens is 356 g/mol. The molecule has 4 atom stereocenters. The largest absolute Gasteiger partial charge is 0.298 e. The zero-order valence-electron chi connectivity index (χ0n) is 16.9. The van der Waals surface area contributed by atoms with E-state index in [0.717, 1.165) is 25.7 Å². The first kappa shape index (κ1) is 18.3. The lowest BCUT2D eigenvalue weighted by molar-refractivity contribution is -0.129. The van der Waals surface area contributed by atoms with Gasteiger partial charge in [0.05, 0.1) is 26.2 Å². The third-order valence-corrected chi connectivity index (χ3v) is 14.2. The van der Waals surface area contributed by atoms with E-state index in [0.29, 0.717) is 0 Å². The molecule has 0 unspecified atom stereocenters. The van der Waals surface area contributed by atoms with Gasteiger partial charge >= 0.3 is 0 Å². The van der Waals surface area contributed by atoms with Crippen LogP contribution in [0, 0.1) is 11.8 Å². The van der Waals surface area contributed by atoms with Crippen molar-refractivity contribution in [1.29, 1.82) is 0 Å². The average molecular weight is 387 g/mol. The highest BCUT2D eigenvalue weighted by atomic mass is 28.3. The molecule has 0 saturated heterocycles. The second kappa shape index (κ2) is 5.04. The summed E-state index contributed by atoms with van der Waals surface area (Å²) in [4.78, 5) is 40.8. The molecule has 0 heterocycles. The van der Waals surface area contributed by atoms with Gasteiger partial charge in [0.2, 0.25) is 0 Å². The van der Waals surface area contributed by atoms with Crippen molar-refractivity contribution in [2.75, 3.05) is 0 Å². The van der Waals surface area contributed by atoms with Crippen LogP contribution in [0.4, 0.5) is 0 Å². The van der Waals surface area contributed by atoms with Crippen LogP contribution in [-0.4, -0.2) is 33.5 Å². The first-order valence-electron chi connectivity index (χ1n) is 9.97. The molecule has 1 fully saturated rings. The Morgan fingerprint density at radius 2 is 1.08 bits per heavy atom. The number of hydrogen-bond donors (Lipinski definition) is 0. The molecule has 0 radical (unpaired) electrons. The third-order valence-electron chi connectivity index (χ3n) is 7.79. The molecule has 0 amide bonds. The van der Waals surface area contributed by atoms with Crippen LogP contribution in [0.15, 0.2) is 23.3 Å². The Morgan fingerprint density at radius 1 is 0.731 bits per heavy atom. The number of carbonyl (C=O) groups excluding carboxylic acids is 3. The molecule has 140 valence electrons. The number of allylic oxidation sites excluding steroid dienone is 4. The first-order chi connectivity index (χ1) is 11.9. The number of rotatable bonds is 2. The number of fused-ring (bicyclic) bond motifs is 7. The quantitative estimate of drug-likeness (QED) is 0.517. The fourth-order valence-corrected chi connectivity index (χ4v) is 13.9. The molecule has 0 aromatic heterocycles. The molecule has 0 aromatic carbocycles. The summed E-state index contributed by atoms with van der Waals surface area (Å²) < 4.78 is 0. The molecule has 4 aliphatic rings. The van der Waals surface area contributed by atoms with Crippen molar-refractivity contribution in [3.05, 3.63) is 23.3 Å².